The number of carbonyl (C=O) groups excluding carboxylic acids is 5. The van der Waals surface area contributed by atoms with E-state index in [-0.39, 0.29) is 70.0 Å². The van der Waals surface area contributed by atoms with Gasteiger partial charge < -0.3 is 70.7 Å². The fourth-order valence-electron chi connectivity index (χ4n) is 6.52. The lowest BCUT2D eigenvalue weighted by molar-refractivity contribution is -0.142. The highest BCUT2D eigenvalue weighted by molar-refractivity contribution is 5.97. The van der Waals surface area contributed by atoms with Crippen LogP contribution in [0.4, 0.5) is 0 Å². The molecule has 0 aliphatic rings. The number of aliphatic carboxylic acids is 1. The summed E-state index contributed by atoms with van der Waals surface area (Å²) in [4.78, 5) is 93.8. The molecular weight excluding hydrogens is 777 g/mol. The smallest absolute Gasteiger partial charge is 0.326 e. The van der Waals surface area contributed by atoms with Crippen molar-refractivity contribution in [3.05, 3.63) is 72.1 Å². The molecule has 5 amide bonds. The Kier molecular flexibility index (Phi) is 16.8. The van der Waals surface area contributed by atoms with Crippen molar-refractivity contribution < 1.29 is 33.9 Å². The maximum atomic E-state index is 14.2. The molecule has 4 rings (SSSR count). The Hall–Kier alpha value is -7.16. The molecule has 0 radical (unpaired) electrons. The van der Waals surface area contributed by atoms with Crippen molar-refractivity contribution in [1.82, 2.24) is 31.2 Å². The van der Waals surface area contributed by atoms with Gasteiger partial charge in [0.25, 0.3) is 0 Å². The van der Waals surface area contributed by atoms with Crippen LogP contribution in [0.1, 0.15) is 49.7 Å². The van der Waals surface area contributed by atoms with Gasteiger partial charge in [0.05, 0.1) is 6.04 Å². The van der Waals surface area contributed by atoms with Crippen LogP contribution in [-0.2, 0) is 41.6 Å². The number of para-hydroxylation sites is 2. The molecule has 0 spiro atoms. The molecule has 322 valence electrons. The van der Waals surface area contributed by atoms with Crippen LogP contribution >= 0.6 is 0 Å². The number of benzene rings is 2. The number of fused-ring (bicyclic) bond motifs is 2. The maximum Gasteiger partial charge on any atom is 0.326 e. The number of hydrogen-bond donors (Lipinski definition) is 13. The molecule has 0 unspecified atom stereocenters. The third-order valence-corrected chi connectivity index (χ3v) is 9.64. The second kappa shape index (κ2) is 22.1. The van der Waals surface area contributed by atoms with Crippen molar-refractivity contribution in [2.24, 2.45) is 44.4 Å². The molecule has 0 fully saturated rings. The first kappa shape index (κ1) is 45.5. The number of nitrogens with two attached hydrogens (primary N) is 6. The molecule has 0 saturated heterocycles. The third-order valence-electron chi connectivity index (χ3n) is 9.64. The van der Waals surface area contributed by atoms with Crippen LogP contribution in [-0.4, -0.2) is 106 Å². The Morgan fingerprint density at radius 3 is 1.50 bits per heavy atom. The number of carboxylic acid groups (broad SMARTS) is 1. The number of aliphatic imine (C=N–C) groups is 2. The van der Waals surface area contributed by atoms with Gasteiger partial charge in [0, 0.05) is 66.6 Å². The van der Waals surface area contributed by atoms with Crippen LogP contribution in [0.5, 0.6) is 0 Å². The van der Waals surface area contributed by atoms with Gasteiger partial charge in [0.2, 0.25) is 29.5 Å². The topological polar surface area (TPSA) is 383 Å². The van der Waals surface area contributed by atoms with Gasteiger partial charge in [0.1, 0.15) is 24.2 Å². The Labute approximate surface area is 344 Å². The summed E-state index contributed by atoms with van der Waals surface area (Å²) in [6.45, 7) is 0.348. The second-order valence-electron chi connectivity index (χ2n) is 14.2. The Balaban J connectivity index is 1.60. The molecule has 5 atom stereocenters. The molecule has 19 N–H and O–H groups in total. The molecular formula is C39H54N14O7. The Bertz CT molecular complexity index is 2190. The van der Waals surface area contributed by atoms with Crippen molar-refractivity contribution in [3.63, 3.8) is 0 Å². The number of primary amides is 1. The number of amides is 5. The third kappa shape index (κ3) is 13.7. The fraction of sp³-hybridized carbons (Fsp3) is 0.385. The van der Waals surface area contributed by atoms with Crippen molar-refractivity contribution in [3.8, 4) is 0 Å². The van der Waals surface area contributed by atoms with E-state index in [2.05, 4.69) is 41.2 Å². The minimum Gasteiger partial charge on any atom is -0.480 e. The van der Waals surface area contributed by atoms with Gasteiger partial charge in [0.15, 0.2) is 11.9 Å². The van der Waals surface area contributed by atoms with E-state index in [1.165, 1.54) is 0 Å². The molecule has 21 nitrogen and oxygen atoms in total. The molecule has 0 saturated carbocycles. The van der Waals surface area contributed by atoms with Gasteiger partial charge in [-0.05, 0) is 55.4 Å². The largest absolute Gasteiger partial charge is 0.480 e. The van der Waals surface area contributed by atoms with E-state index in [9.17, 15) is 33.9 Å². The van der Waals surface area contributed by atoms with Crippen molar-refractivity contribution in [2.75, 3.05) is 13.1 Å². The highest BCUT2D eigenvalue weighted by atomic mass is 16.4. The van der Waals surface area contributed by atoms with Gasteiger partial charge in [-0.25, -0.2) is 4.79 Å². The molecule has 2 heterocycles. The summed E-state index contributed by atoms with van der Waals surface area (Å²) >= 11 is 0. The van der Waals surface area contributed by atoms with E-state index in [0.29, 0.717) is 17.5 Å². The summed E-state index contributed by atoms with van der Waals surface area (Å²) in [7, 11) is 0. The molecule has 60 heavy (non-hydrogen) atoms. The Morgan fingerprint density at radius 2 is 1.02 bits per heavy atom. The van der Waals surface area contributed by atoms with Crippen LogP contribution in [0.15, 0.2) is 70.9 Å². The minimum atomic E-state index is -1.45. The first-order valence-electron chi connectivity index (χ1n) is 19.3. The number of rotatable bonds is 24. The summed E-state index contributed by atoms with van der Waals surface area (Å²) in [5.41, 5.74) is 36.0. The maximum absolute atomic E-state index is 14.2. The van der Waals surface area contributed by atoms with E-state index in [0.717, 1.165) is 21.8 Å². The summed E-state index contributed by atoms with van der Waals surface area (Å²) in [6.07, 6.45) is 3.35. The van der Waals surface area contributed by atoms with Gasteiger partial charge >= 0.3 is 5.97 Å². The molecule has 0 aliphatic carbocycles. The predicted octanol–water partition coefficient (Wildman–Crippen LogP) is -1.84. The quantitative estimate of drug-likeness (QED) is 0.0211. The van der Waals surface area contributed by atoms with Crippen LogP contribution in [0.2, 0.25) is 0 Å². The van der Waals surface area contributed by atoms with Crippen LogP contribution in [0.25, 0.3) is 21.8 Å². The average Bonchev–Trinajstić information content (AvgIpc) is 3.81. The molecule has 0 aliphatic heterocycles. The number of nitrogens with zero attached hydrogens (tertiary/aromatic N) is 2. The van der Waals surface area contributed by atoms with Crippen molar-refractivity contribution >= 4 is 69.2 Å². The number of nitrogens with one attached hydrogen (secondary N) is 6. The molecule has 2 aromatic carbocycles. The zero-order chi connectivity index (χ0) is 43.8. The lowest BCUT2D eigenvalue weighted by Gasteiger charge is -2.26. The summed E-state index contributed by atoms with van der Waals surface area (Å²) in [5.74, 6) is -5.53. The first-order valence-corrected chi connectivity index (χ1v) is 19.3. The first-order chi connectivity index (χ1) is 28.6. The lowest BCUT2D eigenvalue weighted by atomic mass is 10.0. The average molecular weight is 831 g/mol. The predicted molar refractivity (Wildman–Crippen MR) is 226 cm³/mol. The lowest BCUT2D eigenvalue weighted by Crippen LogP contribution is -2.59. The van der Waals surface area contributed by atoms with Crippen molar-refractivity contribution in [2.45, 2.75) is 81.6 Å². The van der Waals surface area contributed by atoms with E-state index in [1.54, 1.807) is 18.5 Å². The molecule has 21 heteroatoms. The van der Waals surface area contributed by atoms with Crippen LogP contribution in [0.3, 0.4) is 0 Å². The number of carboxylic acids is 1. The Morgan fingerprint density at radius 1 is 0.583 bits per heavy atom. The van der Waals surface area contributed by atoms with E-state index >= 15 is 0 Å². The fourth-order valence-corrected chi connectivity index (χ4v) is 6.52. The number of aromatic amines is 2. The second-order valence-corrected chi connectivity index (χ2v) is 14.2. The van der Waals surface area contributed by atoms with Gasteiger partial charge in [-0.1, -0.05) is 36.4 Å². The monoisotopic (exact) mass is 830 g/mol. The standard InChI is InChI=1S/C39H54N14O7/c40-25(9-5-15-46-38(42)43)33(55)52-30(17-21-19-48-26-10-3-1-7-23(21)26)35(57)50-28(13-14-32(41)54)34(56)53-31(18-22-20-49-27-11-4-2-8-24(22)27)36(58)51-29(37(59)60)12-6-16-47-39(44)45/h1-4,7-8,10-11,19-20,25,28-31,48-49H,5-6,9,12-18,40H2,(H2,41,54)(H,50,57)(H,51,58)(H,52,55)(H,53,56)(H,59,60)(H4,42,43,46)(H4,44,45,47)/t25-,28-,29-,30-,31-/m0/s1. The summed E-state index contributed by atoms with van der Waals surface area (Å²) in [6, 6.07) is 8.08. The van der Waals surface area contributed by atoms with E-state index in [4.69, 9.17) is 34.4 Å². The van der Waals surface area contributed by atoms with Gasteiger partial charge in [-0.15, -0.1) is 0 Å². The van der Waals surface area contributed by atoms with Crippen LogP contribution in [0, 0.1) is 0 Å². The zero-order valence-corrected chi connectivity index (χ0v) is 33.0. The summed E-state index contributed by atoms with van der Waals surface area (Å²) in [5, 5.41) is 22.0. The number of aromatic nitrogens is 2. The number of carbonyl (C=O) groups is 6. The highest BCUT2D eigenvalue weighted by Gasteiger charge is 2.33. The normalized spacial score (nSPS) is 13.6. The van der Waals surface area contributed by atoms with E-state index in [1.807, 2.05) is 42.5 Å². The van der Waals surface area contributed by atoms with Gasteiger partial charge in [-0.3, -0.25) is 34.0 Å². The SMILES string of the molecule is NC(=O)CC[C@H](NC(=O)[C@H](Cc1c[nH]c2ccccc12)NC(=O)[C@@H](N)CCCN=C(N)N)C(=O)N[C@@H](Cc1c[nH]c2ccccc12)C(=O)N[C@@H](CCCN=C(N)N)C(=O)O. The number of hydrogen-bond acceptors (Lipinski definition) is 9. The summed E-state index contributed by atoms with van der Waals surface area (Å²) < 4.78 is 0. The van der Waals surface area contributed by atoms with E-state index < -0.39 is 65.7 Å². The van der Waals surface area contributed by atoms with Crippen LogP contribution < -0.4 is 55.7 Å². The number of H-pyrrole nitrogens is 2. The van der Waals surface area contributed by atoms with Crippen molar-refractivity contribution in [1.29, 1.82) is 0 Å². The van der Waals surface area contributed by atoms with Gasteiger partial charge in [-0.2, -0.15) is 0 Å². The minimum absolute atomic E-state index is 0.0299. The number of guanidine groups is 2. The zero-order valence-electron chi connectivity index (χ0n) is 33.0. The highest BCUT2D eigenvalue weighted by Crippen LogP contribution is 2.21. The molecule has 4 aromatic rings. The molecule has 0 bridgehead atoms. The molecule has 2 aromatic heterocycles.